The molecule has 2 saturated heterocycles. The van der Waals surface area contributed by atoms with Gasteiger partial charge in [0.05, 0.1) is 18.8 Å². The highest BCUT2D eigenvalue weighted by Gasteiger charge is 2.24. The molecule has 0 saturated carbocycles. The number of nitrogens with one attached hydrogen (secondary N) is 1. The minimum atomic E-state index is 0. The first kappa shape index (κ1) is 21.7. The van der Waals surface area contributed by atoms with Gasteiger partial charge in [-0.2, -0.15) is 0 Å². The number of nitrogens with zero attached hydrogens (tertiary/aromatic N) is 2. The molecule has 6 heteroatoms. The van der Waals surface area contributed by atoms with Crippen molar-refractivity contribution in [3.63, 3.8) is 0 Å². The zero-order chi connectivity index (χ0) is 16.3. The van der Waals surface area contributed by atoms with E-state index in [1.165, 1.54) is 6.42 Å². The number of rotatable bonds is 7. The van der Waals surface area contributed by atoms with Gasteiger partial charge in [0, 0.05) is 32.8 Å². The fourth-order valence-electron chi connectivity index (χ4n) is 3.09. The minimum Gasteiger partial charge on any atom is -0.376 e. The van der Waals surface area contributed by atoms with Crippen LogP contribution in [0.1, 0.15) is 46.0 Å². The van der Waals surface area contributed by atoms with E-state index in [4.69, 9.17) is 14.5 Å². The summed E-state index contributed by atoms with van der Waals surface area (Å²) in [4.78, 5) is 7.09. The standard InChI is InChI=1S/C18H33N3O2.HI/c1-3-5-6-11-20-18(19-4-2)21-12-9-16(10-13-21)23-15-17-8-7-14-22-17;/h3,5,16-17H,4,6-15H2,1-2H3,(H,19,20);1H/b5-3+;. The summed E-state index contributed by atoms with van der Waals surface area (Å²) in [7, 11) is 0. The van der Waals surface area contributed by atoms with Crippen LogP contribution in [0.2, 0.25) is 0 Å². The second-order valence-corrected chi connectivity index (χ2v) is 6.25. The monoisotopic (exact) mass is 451 g/mol. The fraction of sp³-hybridized carbons (Fsp3) is 0.833. The molecule has 0 amide bonds. The maximum atomic E-state index is 6.05. The normalized spacial score (nSPS) is 22.8. The van der Waals surface area contributed by atoms with Crippen LogP contribution in [0.4, 0.5) is 0 Å². The SMILES string of the molecule is C/C=C/CCN=C(NCC)N1CCC(OCC2CCCO2)CC1.I. The number of halogens is 1. The topological polar surface area (TPSA) is 46.1 Å². The molecule has 1 unspecified atom stereocenters. The molecule has 0 aromatic carbocycles. The van der Waals surface area contributed by atoms with Crippen LogP contribution in [0.3, 0.4) is 0 Å². The van der Waals surface area contributed by atoms with Crippen LogP contribution < -0.4 is 5.32 Å². The Labute approximate surface area is 164 Å². The van der Waals surface area contributed by atoms with E-state index in [9.17, 15) is 0 Å². The van der Waals surface area contributed by atoms with Crippen LogP contribution in [0.5, 0.6) is 0 Å². The fourth-order valence-corrected chi connectivity index (χ4v) is 3.09. The summed E-state index contributed by atoms with van der Waals surface area (Å²) in [5.74, 6) is 1.05. The minimum absolute atomic E-state index is 0. The Morgan fingerprint density at radius 3 is 2.75 bits per heavy atom. The Morgan fingerprint density at radius 1 is 1.33 bits per heavy atom. The third-order valence-electron chi connectivity index (χ3n) is 4.41. The second kappa shape index (κ2) is 12.9. The van der Waals surface area contributed by atoms with Crippen LogP contribution in [0, 0.1) is 0 Å². The largest absolute Gasteiger partial charge is 0.376 e. The summed E-state index contributed by atoms with van der Waals surface area (Å²) < 4.78 is 11.7. The van der Waals surface area contributed by atoms with E-state index in [1.807, 2.05) is 0 Å². The molecule has 0 aromatic heterocycles. The highest BCUT2D eigenvalue weighted by atomic mass is 127. The maximum absolute atomic E-state index is 6.05. The van der Waals surface area contributed by atoms with Gasteiger partial charge >= 0.3 is 0 Å². The van der Waals surface area contributed by atoms with E-state index in [2.05, 4.69) is 36.2 Å². The highest BCUT2D eigenvalue weighted by Crippen LogP contribution is 2.17. The van der Waals surface area contributed by atoms with Crippen molar-refractivity contribution in [2.24, 2.45) is 4.99 Å². The maximum Gasteiger partial charge on any atom is 0.193 e. The Hall–Kier alpha value is -0.340. The molecule has 0 spiro atoms. The van der Waals surface area contributed by atoms with E-state index in [-0.39, 0.29) is 24.0 Å². The lowest BCUT2D eigenvalue weighted by Gasteiger charge is -2.34. The van der Waals surface area contributed by atoms with Gasteiger partial charge in [0.15, 0.2) is 5.96 Å². The van der Waals surface area contributed by atoms with E-state index in [0.717, 1.165) is 71.0 Å². The van der Waals surface area contributed by atoms with Gasteiger partial charge in [0.2, 0.25) is 0 Å². The number of hydrogen-bond acceptors (Lipinski definition) is 3. The average Bonchev–Trinajstić information content (AvgIpc) is 3.10. The molecule has 2 aliphatic heterocycles. The summed E-state index contributed by atoms with van der Waals surface area (Å²) >= 11 is 0. The number of allylic oxidation sites excluding steroid dienone is 1. The third kappa shape index (κ3) is 7.70. The van der Waals surface area contributed by atoms with Crippen molar-refractivity contribution < 1.29 is 9.47 Å². The van der Waals surface area contributed by atoms with E-state index in [0.29, 0.717) is 12.2 Å². The van der Waals surface area contributed by atoms with Crippen LogP contribution >= 0.6 is 24.0 Å². The number of ether oxygens (including phenoxy) is 2. The molecule has 140 valence electrons. The smallest absolute Gasteiger partial charge is 0.193 e. The molecule has 1 N–H and O–H groups in total. The van der Waals surface area contributed by atoms with Crippen LogP contribution in [-0.2, 0) is 9.47 Å². The van der Waals surface area contributed by atoms with Crippen LogP contribution in [0.15, 0.2) is 17.1 Å². The summed E-state index contributed by atoms with van der Waals surface area (Å²) in [5.41, 5.74) is 0. The molecule has 0 radical (unpaired) electrons. The first-order valence-corrected chi connectivity index (χ1v) is 9.21. The molecule has 0 aromatic rings. The van der Waals surface area contributed by atoms with Crippen molar-refractivity contribution in [3.05, 3.63) is 12.2 Å². The molecule has 2 fully saturated rings. The molecule has 0 aliphatic carbocycles. The van der Waals surface area contributed by atoms with Gasteiger partial charge in [-0.25, -0.2) is 0 Å². The van der Waals surface area contributed by atoms with Gasteiger partial charge in [-0.15, -0.1) is 24.0 Å². The molecule has 2 aliphatic rings. The molecule has 2 heterocycles. The lowest BCUT2D eigenvalue weighted by atomic mass is 10.1. The van der Waals surface area contributed by atoms with Crippen molar-refractivity contribution in [2.45, 2.75) is 58.2 Å². The zero-order valence-electron chi connectivity index (χ0n) is 15.2. The quantitative estimate of drug-likeness (QED) is 0.212. The third-order valence-corrected chi connectivity index (χ3v) is 4.41. The lowest BCUT2D eigenvalue weighted by molar-refractivity contribution is -0.0367. The van der Waals surface area contributed by atoms with E-state index >= 15 is 0 Å². The molecule has 0 bridgehead atoms. The van der Waals surface area contributed by atoms with E-state index < -0.39 is 0 Å². The van der Waals surface area contributed by atoms with Crippen molar-refractivity contribution in [3.8, 4) is 0 Å². The lowest BCUT2D eigenvalue weighted by Crippen LogP contribution is -2.47. The average molecular weight is 451 g/mol. The van der Waals surface area contributed by atoms with Gasteiger partial charge in [-0.1, -0.05) is 12.2 Å². The highest BCUT2D eigenvalue weighted by molar-refractivity contribution is 14.0. The molecule has 2 rings (SSSR count). The van der Waals surface area contributed by atoms with Gasteiger partial charge in [0.25, 0.3) is 0 Å². The number of likely N-dealkylation sites (tertiary alicyclic amines) is 1. The van der Waals surface area contributed by atoms with Crippen LogP contribution in [0.25, 0.3) is 0 Å². The Morgan fingerprint density at radius 2 is 2.12 bits per heavy atom. The van der Waals surface area contributed by atoms with Crippen molar-refractivity contribution in [1.29, 1.82) is 0 Å². The van der Waals surface area contributed by atoms with Gasteiger partial charge in [-0.3, -0.25) is 4.99 Å². The Bertz CT molecular complexity index is 376. The predicted molar refractivity (Wildman–Crippen MR) is 110 cm³/mol. The molecule has 24 heavy (non-hydrogen) atoms. The van der Waals surface area contributed by atoms with Crippen LogP contribution in [-0.4, -0.2) is 62.5 Å². The summed E-state index contributed by atoms with van der Waals surface area (Å²) in [6.45, 7) is 9.65. The predicted octanol–water partition coefficient (Wildman–Crippen LogP) is 3.20. The molecule has 1 atom stereocenters. The molecular formula is C18H34IN3O2. The van der Waals surface area contributed by atoms with Crippen molar-refractivity contribution >= 4 is 29.9 Å². The number of hydrogen-bond donors (Lipinski definition) is 1. The number of guanidine groups is 1. The zero-order valence-corrected chi connectivity index (χ0v) is 17.5. The van der Waals surface area contributed by atoms with Gasteiger partial charge in [0.1, 0.15) is 0 Å². The second-order valence-electron chi connectivity index (χ2n) is 6.25. The summed E-state index contributed by atoms with van der Waals surface area (Å²) in [6, 6.07) is 0. The van der Waals surface area contributed by atoms with Gasteiger partial charge in [-0.05, 0) is 46.0 Å². The van der Waals surface area contributed by atoms with Gasteiger partial charge < -0.3 is 19.7 Å². The first-order valence-electron chi connectivity index (χ1n) is 9.21. The number of piperidine rings is 1. The summed E-state index contributed by atoms with van der Waals surface area (Å²) in [5, 5.41) is 3.41. The van der Waals surface area contributed by atoms with Crippen molar-refractivity contribution in [2.75, 3.05) is 39.4 Å². The Kier molecular flexibility index (Phi) is 11.7. The van der Waals surface area contributed by atoms with Crippen molar-refractivity contribution in [1.82, 2.24) is 10.2 Å². The first-order chi connectivity index (χ1) is 11.3. The number of aliphatic imine (C=N–C) groups is 1. The van der Waals surface area contributed by atoms with E-state index in [1.54, 1.807) is 0 Å². The Balaban J connectivity index is 0.00000288. The summed E-state index contributed by atoms with van der Waals surface area (Å²) in [6.07, 6.45) is 10.5. The molecular weight excluding hydrogens is 417 g/mol. The molecule has 5 nitrogen and oxygen atoms in total.